The molecule has 7 nitrogen and oxygen atoms in total. The summed E-state index contributed by atoms with van der Waals surface area (Å²) in [5.74, 6) is -0.618. The highest BCUT2D eigenvalue weighted by Gasteiger charge is 2.27. The Kier molecular flexibility index (Phi) is 5.36. The van der Waals surface area contributed by atoms with Crippen LogP contribution >= 0.6 is 0 Å². The molecule has 3 amide bonds. The van der Waals surface area contributed by atoms with Gasteiger partial charge < -0.3 is 16.4 Å². The second-order valence-electron chi connectivity index (χ2n) is 6.46. The molecule has 1 aliphatic heterocycles. The van der Waals surface area contributed by atoms with E-state index in [1.54, 1.807) is 4.90 Å². The lowest BCUT2D eigenvalue weighted by molar-refractivity contribution is -0.123. The standard InChI is InChI=1S/C19H23N5O2/c20-17(25)15-8-4-10-24(12-15)19(26)23-18(21)22-11-14-7-3-6-13-5-1-2-9-16(13)14/h1-3,5-7,9,15H,4,8,10-12H2,(H2,20,25)(H3,21,22,23,26). The molecule has 0 aromatic heterocycles. The number of nitrogens with zero attached hydrogens (tertiary/aromatic N) is 2. The van der Waals surface area contributed by atoms with Crippen molar-refractivity contribution < 1.29 is 9.59 Å². The van der Waals surface area contributed by atoms with Crippen LogP contribution in [0, 0.1) is 5.92 Å². The van der Waals surface area contributed by atoms with E-state index in [0.29, 0.717) is 26.1 Å². The smallest absolute Gasteiger partial charge is 0.324 e. The molecule has 1 heterocycles. The van der Waals surface area contributed by atoms with Crippen molar-refractivity contribution in [2.24, 2.45) is 22.4 Å². The molecule has 7 heteroatoms. The number of primary amides is 1. The molecule has 0 aliphatic carbocycles. The lowest BCUT2D eigenvalue weighted by atomic mass is 9.98. The zero-order valence-corrected chi connectivity index (χ0v) is 14.5. The first kappa shape index (κ1) is 17.7. The van der Waals surface area contributed by atoms with E-state index in [9.17, 15) is 9.59 Å². The number of piperidine rings is 1. The van der Waals surface area contributed by atoms with Gasteiger partial charge in [0.25, 0.3) is 0 Å². The summed E-state index contributed by atoms with van der Waals surface area (Å²) in [4.78, 5) is 29.5. The Balaban J connectivity index is 1.63. The van der Waals surface area contributed by atoms with E-state index in [-0.39, 0.29) is 23.8 Å². The van der Waals surface area contributed by atoms with Crippen molar-refractivity contribution in [1.29, 1.82) is 0 Å². The number of carbonyl (C=O) groups is 2. The average molecular weight is 353 g/mol. The molecule has 0 saturated carbocycles. The van der Waals surface area contributed by atoms with Gasteiger partial charge in [-0.3, -0.25) is 10.1 Å². The van der Waals surface area contributed by atoms with Gasteiger partial charge in [0, 0.05) is 13.1 Å². The summed E-state index contributed by atoms with van der Waals surface area (Å²) in [7, 11) is 0. The van der Waals surface area contributed by atoms with Crippen molar-refractivity contribution in [1.82, 2.24) is 10.2 Å². The third-order valence-corrected chi connectivity index (χ3v) is 4.65. The largest absolute Gasteiger partial charge is 0.370 e. The van der Waals surface area contributed by atoms with Crippen molar-refractivity contribution in [2.75, 3.05) is 13.1 Å². The number of urea groups is 1. The molecule has 0 bridgehead atoms. The second-order valence-corrected chi connectivity index (χ2v) is 6.46. The van der Waals surface area contributed by atoms with E-state index in [2.05, 4.69) is 10.3 Å². The summed E-state index contributed by atoms with van der Waals surface area (Å²) < 4.78 is 0. The molecule has 1 unspecified atom stereocenters. The minimum atomic E-state index is -0.375. The predicted molar refractivity (Wildman–Crippen MR) is 101 cm³/mol. The minimum absolute atomic E-state index is 0.0594. The second kappa shape index (κ2) is 7.86. The Hall–Kier alpha value is -3.09. The summed E-state index contributed by atoms with van der Waals surface area (Å²) in [6.45, 7) is 1.27. The van der Waals surface area contributed by atoms with Crippen LogP contribution in [-0.2, 0) is 11.3 Å². The number of nitrogens with two attached hydrogens (primary N) is 2. The summed E-state index contributed by atoms with van der Waals surface area (Å²) in [5, 5.41) is 4.83. The molecule has 3 rings (SSSR count). The quantitative estimate of drug-likeness (QED) is 0.575. The van der Waals surface area contributed by atoms with Gasteiger partial charge in [-0.05, 0) is 29.2 Å². The molecular weight excluding hydrogens is 330 g/mol. The Morgan fingerprint density at radius 3 is 2.73 bits per heavy atom. The Morgan fingerprint density at radius 2 is 1.92 bits per heavy atom. The van der Waals surface area contributed by atoms with Crippen molar-refractivity contribution in [2.45, 2.75) is 19.4 Å². The number of likely N-dealkylation sites (tertiary alicyclic amines) is 1. The van der Waals surface area contributed by atoms with E-state index in [4.69, 9.17) is 11.5 Å². The van der Waals surface area contributed by atoms with Crippen molar-refractivity contribution >= 4 is 28.7 Å². The third kappa shape index (κ3) is 4.11. The minimum Gasteiger partial charge on any atom is -0.370 e. The number of guanidine groups is 1. The summed E-state index contributed by atoms with van der Waals surface area (Å²) in [6.07, 6.45) is 1.46. The van der Waals surface area contributed by atoms with E-state index in [1.165, 1.54) is 0 Å². The zero-order valence-electron chi connectivity index (χ0n) is 14.5. The van der Waals surface area contributed by atoms with Gasteiger partial charge in [-0.2, -0.15) is 0 Å². The summed E-state index contributed by atoms with van der Waals surface area (Å²) >= 11 is 0. The first-order valence-corrected chi connectivity index (χ1v) is 8.66. The topological polar surface area (TPSA) is 114 Å². The SMILES string of the molecule is NC(=O)C1CCCN(C(=O)NC(N)=NCc2cccc3ccccc23)C1. The van der Waals surface area contributed by atoms with E-state index in [1.807, 2.05) is 42.5 Å². The van der Waals surface area contributed by atoms with Crippen LogP contribution in [0.25, 0.3) is 10.8 Å². The van der Waals surface area contributed by atoms with Crippen LogP contribution in [0.4, 0.5) is 4.79 Å². The monoisotopic (exact) mass is 353 g/mol. The highest BCUT2D eigenvalue weighted by molar-refractivity contribution is 5.95. The molecule has 1 fully saturated rings. The number of aliphatic imine (C=N–C) groups is 1. The van der Waals surface area contributed by atoms with Crippen LogP contribution in [-0.4, -0.2) is 35.9 Å². The molecule has 1 saturated heterocycles. The zero-order chi connectivity index (χ0) is 18.5. The first-order valence-electron chi connectivity index (χ1n) is 8.66. The van der Waals surface area contributed by atoms with Gasteiger partial charge >= 0.3 is 6.03 Å². The number of carbonyl (C=O) groups excluding carboxylic acids is 2. The molecule has 5 N–H and O–H groups in total. The van der Waals surface area contributed by atoms with Crippen LogP contribution in [0.1, 0.15) is 18.4 Å². The third-order valence-electron chi connectivity index (χ3n) is 4.65. The van der Waals surface area contributed by atoms with Gasteiger partial charge in [-0.15, -0.1) is 0 Å². The number of nitrogens with one attached hydrogen (secondary N) is 1. The van der Waals surface area contributed by atoms with Crippen LogP contribution in [0.3, 0.4) is 0 Å². The van der Waals surface area contributed by atoms with Crippen molar-refractivity contribution in [3.63, 3.8) is 0 Å². The predicted octanol–water partition coefficient (Wildman–Crippen LogP) is 1.56. The maximum absolute atomic E-state index is 12.3. The first-order chi connectivity index (χ1) is 12.5. The van der Waals surface area contributed by atoms with Crippen LogP contribution in [0.2, 0.25) is 0 Å². The molecule has 1 atom stereocenters. The van der Waals surface area contributed by atoms with Gasteiger partial charge in [-0.1, -0.05) is 42.5 Å². The normalized spacial score (nSPS) is 17.9. The molecule has 2 aromatic rings. The highest BCUT2D eigenvalue weighted by Crippen LogP contribution is 2.19. The molecule has 0 spiro atoms. The molecule has 0 radical (unpaired) electrons. The van der Waals surface area contributed by atoms with Gasteiger partial charge in [0.1, 0.15) is 0 Å². The number of hydrogen-bond acceptors (Lipinski definition) is 3. The number of benzene rings is 2. The summed E-state index contributed by atoms with van der Waals surface area (Å²) in [5.41, 5.74) is 12.2. The summed E-state index contributed by atoms with van der Waals surface area (Å²) in [6, 6.07) is 13.7. The maximum Gasteiger partial charge on any atom is 0.324 e. The number of amides is 3. The fourth-order valence-corrected chi connectivity index (χ4v) is 3.22. The van der Waals surface area contributed by atoms with Crippen molar-refractivity contribution in [3.05, 3.63) is 48.0 Å². The van der Waals surface area contributed by atoms with E-state index in [0.717, 1.165) is 22.8 Å². The maximum atomic E-state index is 12.3. The highest BCUT2D eigenvalue weighted by atomic mass is 16.2. The Bertz CT molecular complexity index is 843. The molecule has 2 aromatic carbocycles. The lowest BCUT2D eigenvalue weighted by Crippen LogP contribution is -2.51. The molecule has 1 aliphatic rings. The van der Waals surface area contributed by atoms with Crippen molar-refractivity contribution in [3.8, 4) is 0 Å². The van der Waals surface area contributed by atoms with Gasteiger partial charge in [-0.25, -0.2) is 9.79 Å². The van der Waals surface area contributed by atoms with Crippen LogP contribution < -0.4 is 16.8 Å². The van der Waals surface area contributed by atoms with Crippen LogP contribution in [0.5, 0.6) is 0 Å². The fourth-order valence-electron chi connectivity index (χ4n) is 3.22. The Morgan fingerprint density at radius 1 is 1.15 bits per heavy atom. The van der Waals surface area contributed by atoms with Gasteiger partial charge in [0.15, 0.2) is 5.96 Å². The van der Waals surface area contributed by atoms with Gasteiger partial charge in [0.2, 0.25) is 5.91 Å². The molecule has 26 heavy (non-hydrogen) atoms. The van der Waals surface area contributed by atoms with E-state index >= 15 is 0 Å². The number of fused-ring (bicyclic) bond motifs is 1. The average Bonchev–Trinajstić information content (AvgIpc) is 2.66. The molecule has 136 valence electrons. The fraction of sp³-hybridized carbons (Fsp3) is 0.316. The van der Waals surface area contributed by atoms with Crippen LogP contribution in [0.15, 0.2) is 47.5 Å². The van der Waals surface area contributed by atoms with Gasteiger partial charge in [0.05, 0.1) is 12.5 Å². The van der Waals surface area contributed by atoms with E-state index < -0.39 is 0 Å². The molecular formula is C19H23N5O2. The Labute approximate surface area is 152 Å². The number of hydrogen-bond donors (Lipinski definition) is 3. The lowest BCUT2D eigenvalue weighted by Gasteiger charge is -2.31. The number of rotatable bonds is 3.